The molecular formula is C16H17N5O. The van der Waals surface area contributed by atoms with Crippen molar-refractivity contribution in [3.63, 3.8) is 0 Å². The molecule has 112 valence electrons. The van der Waals surface area contributed by atoms with Crippen molar-refractivity contribution >= 4 is 22.6 Å². The maximum absolute atomic E-state index is 11.6. The van der Waals surface area contributed by atoms with E-state index in [2.05, 4.69) is 15.4 Å². The van der Waals surface area contributed by atoms with Gasteiger partial charge in [-0.3, -0.25) is 10.2 Å². The average Bonchev–Trinajstić information content (AvgIpc) is 2.97. The second kappa shape index (κ2) is 5.50. The van der Waals surface area contributed by atoms with Gasteiger partial charge in [-0.25, -0.2) is 10.8 Å². The predicted molar refractivity (Wildman–Crippen MR) is 87.5 cm³/mol. The van der Waals surface area contributed by atoms with Crippen LogP contribution >= 0.6 is 0 Å². The molecule has 4 N–H and O–H groups in total. The van der Waals surface area contributed by atoms with Crippen LogP contribution in [0.4, 0.5) is 5.69 Å². The van der Waals surface area contributed by atoms with Gasteiger partial charge in [0.15, 0.2) is 0 Å². The number of aromatic nitrogens is 2. The minimum atomic E-state index is -0.326. The number of nitrogen functional groups attached to an aromatic ring is 1. The molecule has 0 fully saturated rings. The molecule has 1 aromatic heterocycles. The third-order valence-corrected chi connectivity index (χ3v) is 3.53. The van der Waals surface area contributed by atoms with E-state index in [4.69, 9.17) is 5.84 Å². The summed E-state index contributed by atoms with van der Waals surface area (Å²) in [5.41, 5.74) is 6.34. The molecule has 3 rings (SSSR count). The third kappa shape index (κ3) is 2.51. The molecule has 2 aromatic carbocycles. The van der Waals surface area contributed by atoms with Gasteiger partial charge in [-0.15, -0.1) is 0 Å². The normalized spacial score (nSPS) is 10.7. The first-order valence-electron chi connectivity index (χ1n) is 6.87. The lowest BCUT2D eigenvalue weighted by Crippen LogP contribution is -2.29. The fourth-order valence-corrected chi connectivity index (χ4v) is 2.29. The summed E-state index contributed by atoms with van der Waals surface area (Å²) in [6.07, 6.45) is 0. The summed E-state index contributed by atoms with van der Waals surface area (Å²) < 4.78 is 0. The summed E-state index contributed by atoms with van der Waals surface area (Å²) in [4.78, 5) is 21.4. The molecule has 0 saturated heterocycles. The Bertz CT molecular complexity index is 820. The summed E-state index contributed by atoms with van der Waals surface area (Å²) in [6.45, 7) is 0. The third-order valence-electron chi connectivity index (χ3n) is 3.53. The lowest BCUT2D eigenvalue weighted by atomic mass is 10.2. The number of hydrogen-bond donors (Lipinski definition) is 3. The van der Waals surface area contributed by atoms with Gasteiger partial charge in [-0.05, 0) is 42.5 Å². The number of benzene rings is 2. The van der Waals surface area contributed by atoms with Crippen LogP contribution in [0.2, 0.25) is 0 Å². The molecule has 0 aliphatic carbocycles. The molecule has 0 saturated carbocycles. The number of hydrogen-bond acceptors (Lipinski definition) is 4. The summed E-state index contributed by atoms with van der Waals surface area (Å²) in [6, 6.07) is 13.3. The first-order chi connectivity index (χ1) is 10.6. The molecule has 0 unspecified atom stereocenters. The van der Waals surface area contributed by atoms with Crippen LogP contribution in [-0.2, 0) is 0 Å². The summed E-state index contributed by atoms with van der Waals surface area (Å²) in [5, 5.41) is 0. The molecular weight excluding hydrogens is 278 g/mol. The Hall–Kier alpha value is -2.86. The van der Waals surface area contributed by atoms with Crippen LogP contribution in [0.1, 0.15) is 10.4 Å². The molecule has 0 aliphatic rings. The van der Waals surface area contributed by atoms with E-state index in [-0.39, 0.29) is 5.91 Å². The number of H-pyrrole nitrogens is 1. The van der Waals surface area contributed by atoms with Crippen molar-refractivity contribution in [1.29, 1.82) is 0 Å². The van der Waals surface area contributed by atoms with Gasteiger partial charge in [0.2, 0.25) is 0 Å². The molecule has 3 aromatic rings. The zero-order chi connectivity index (χ0) is 15.7. The molecule has 22 heavy (non-hydrogen) atoms. The van der Waals surface area contributed by atoms with Crippen LogP contribution in [0.5, 0.6) is 0 Å². The molecule has 0 atom stereocenters. The van der Waals surface area contributed by atoms with E-state index in [1.807, 2.05) is 43.3 Å². The van der Waals surface area contributed by atoms with Crippen LogP contribution in [-0.4, -0.2) is 30.0 Å². The Labute approximate surface area is 127 Å². The van der Waals surface area contributed by atoms with Gasteiger partial charge < -0.3 is 9.88 Å². The van der Waals surface area contributed by atoms with Crippen molar-refractivity contribution in [2.24, 2.45) is 5.84 Å². The highest BCUT2D eigenvalue weighted by Crippen LogP contribution is 2.23. The molecule has 6 heteroatoms. The monoisotopic (exact) mass is 295 g/mol. The minimum absolute atomic E-state index is 0.326. The van der Waals surface area contributed by atoms with Crippen LogP contribution in [0.3, 0.4) is 0 Å². The molecule has 0 radical (unpaired) electrons. The summed E-state index contributed by atoms with van der Waals surface area (Å²) in [5.74, 6) is 5.60. The summed E-state index contributed by atoms with van der Waals surface area (Å²) in [7, 11) is 4.00. The van der Waals surface area contributed by atoms with Gasteiger partial charge in [0, 0.05) is 30.9 Å². The highest BCUT2D eigenvalue weighted by molar-refractivity contribution is 5.97. The number of aromatic amines is 1. The number of carbonyl (C=O) groups excluding carboxylic acids is 1. The number of imidazole rings is 1. The van der Waals surface area contributed by atoms with Crippen LogP contribution in [0.15, 0.2) is 42.5 Å². The smallest absolute Gasteiger partial charge is 0.265 e. The quantitative estimate of drug-likeness (QED) is 0.391. The Morgan fingerprint density at radius 1 is 1.18 bits per heavy atom. The average molecular weight is 295 g/mol. The van der Waals surface area contributed by atoms with E-state index in [1.165, 1.54) is 0 Å². The van der Waals surface area contributed by atoms with Gasteiger partial charge in [0.25, 0.3) is 5.91 Å². The SMILES string of the molecule is CN(C)c1ccc(-c2nc3ccc(C(=O)NN)cc3[nH]2)cc1. The number of carbonyl (C=O) groups is 1. The van der Waals surface area contributed by atoms with Gasteiger partial charge in [0.1, 0.15) is 5.82 Å². The van der Waals surface area contributed by atoms with E-state index in [0.717, 1.165) is 28.1 Å². The first-order valence-corrected chi connectivity index (χ1v) is 6.87. The molecule has 1 heterocycles. The Morgan fingerprint density at radius 3 is 2.55 bits per heavy atom. The Morgan fingerprint density at radius 2 is 1.91 bits per heavy atom. The van der Waals surface area contributed by atoms with Crippen molar-refractivity contribution in [2.75, 3.05) is 19.0 Å². The van der Waals surface area contributed by atoms with Crippen LogP contribution in [0, 0.1) is 0 Å². The maximum atomic E-state index is 11.6. The van der Waals surface area contributed by atoms with Crippen molar-refractivity contribution < 1.29 is 4.79 Å². The van der Waals surface area contributed by atoms with E-state index in [0.29, 0.717) is 5.56 Å². The number of hydrazine groups is 1. The maximum Gasteiger partial charge on any atom is 0.265 e. The van der Waals surface area contributed by atoms with E-state index in [1.54, 1.807) is 18.2 Å². The first kappa shape index (κ1) is 14.1. The number of nitrogens with zero attached hydrogens (tertiary/aromatic N) is 2. The van der Waals surface area contributed by atoms with Crippen LogP contribution in [0.25, 0.3) is 22.4 Å². The Kier molecular flexibility index (Phi) is 3.52. The van der Waals surface area contributed by atoms with Crippen molar-refractivity contribution in [3.8, 4) is 11.4 Å². The number of amides is 1. The number of anilines is 1. The minimum Gasteiger partial charge on any atom is -0.378 e. The second-order valence-electron chi connectivity index (χ2n) is 5.23. The fourth-order valence-electron chi connectivity index (χ4n) is 2.29. The molecule has 0 spiro atoms. The summed E-state index contributed by atoms with van der Waals surface area (Å²) >= 11 is 0. The zero-order valence-corrected chi connectivity index (χ0v) is 12.4. The van der Waals surface area contributed by atoms with Gasteiger partial charge >= 0.3 is 0 Å². The lowest BCUT2D eigenvalue weighted by Gasteiger charge is -2.11. The number of nitrogens with one attached hydrogen (secondary N) is 2. The van der Waals surface area contributed by atoms with Crippen LogP contribution < -0.4 is 16.2 Å². The standard InChI is InChI=1S/C16H17N5O/c1-21(2)12-6-3-10(4-7-12)15-18-13-8-5-11(16(22)20-17)9-14(13)19-15/h3-9H,17H2,1-2H3,(H,18,19)(H,20,22). The molecule has 0 aliphatic heterocycles. The largest absolute Gasteiger partial charge is 0.378 e. The molecule has 1 amide bonds. The number of rotatable bonds is 3. The van der Waals surface area contributed by atoms with Crippen molar-refractivity contribution in [1.82, 2.24) is 15.4 Å². The number of fused-ring (bicyclic) bond motifs is 1. The van der Waals surface area contributed by atoms with Crippen molar-refractivity contribution in [2.45, 2.75) is 0 Å². The van der Waals surface area contributed by atoms with Gasteiger partial charge in [-0.2, -0.15) is 0 Å². The second-order valence-corrected chi connectivity index (χ2v) is 5.23. The van der Waals surface area contributed by atoms with E-state index >= 15 is 0 Å². The number of nitrogens with two attached hydrogens (primary N) is 1. The molecule has 0 bridgehead atoms. The lowest BCUT2D eigenvalue weighted by molar-refractivity contribution is 0.0954. The zero-order valence-electron chi connectivity index (χ0n) is 12.4. The van der Waals surface area contributed by atoms with E-state index in [9.17, 15) is 4.79 Å². The Balaban J connectivity index is 1.99. The molecule has 6 nitrogen and oxygen atoms in total. The highest BCUT2D eigenvalue weighted by atomic mass is 16.2. The van der Waals surface area contributed by atoms with Gasteiger partial charge in [0.05, 0.1) is 11.0 Å². The van der Waals surface area contributed by atoms with Gasteiger partial charge in [-0.1, -0.05) is 0 Å². The predicted octanol–water partition coefficient (Wildman–Crippen LogP) is 1.90. The van der Waals surface area contributed by atoms with Crippen molar-refractivity contribution in [3.05, 3.63) is 48.0 Å². The topological polar surface area (TPSA) is 87.0 Å². The van der Waals surface area contributed by atoms with E-state index < -0.39 is 0 Å². The highest BCUT2D eigenvalue weighted by Gasteiger charge is 2.09. The fraction of sp³-hybridized carbons (Fsp3) is 0.125.